The van der Waals surface area contributed by atoms with Crippen LogP contribution in [0.15, 0.2) is 48.5 Å². The number of alkyl halides is 3. The molecule has 0 amide bonds. The third kappa shape index (κ3) is 5.86. The molecule has 2 heterocycles. The van der Waals surface area contributed by atoms with Crippen molar-refractivity contribution in [3.63, 3.8) is 0 Å². The van der Waals surface area contributed by atoms with Crippen LogP contribution < -0.4 is 0 Å². The molecule has 1 aliphatic heterocycles. The Morgan fingerprint density at radius 3 is 2.50 bits per heavy atom. The van der Waals surface area contributed by atoms with Crippen molar-refractivity contribution in [1.29, 1.82) is 0 Å². The third-order valence-electron chi connectivity index (χ3n) is 9.53. The van der Waals surface area contributed by atoms with Crippen molar-refractivity contribution in [2.24, 2.45) is 11.3 Å². The summed E-state index contributed by atoms with van der Waals surface area (Å²) >= 11 is 0. The maximum absolute atomic E-state index is 14.1. The number of nitrogens with zero attached hydrogens (tertiary/aromatic N) is 4. The van der Waals surface area contributed by atoms with Gasteiger partial charge in [-0.25, -0.2) is 4.68 Å². The van der Waals surface area contributed by atoms with E-state index in [-0.39, 0.29) is 12.5 Å². The van der Waals surface area contributed by atoms with Crippen LogP contribution in [0, 0.1) is 25.2 Å². The van der Waals surface area contributed by atoms with E-state index in [0.29, 0.717) is 31.6 Å². The number of fused-ring (bicyclic) bond motifs is 2. The first-order valence-electron chi connectivity index (χ1n) is 15.3. The first-order chi connectivity index (χ1) is 20.8. The van der Waals surface area contributed by atoms with Gasteiger partial charge in [-0.2, -0.15) is 13.2 Å². The molecule has 2 atom stereocenters. The van der Waals surface area contributed by atoms with Crippen molar-refractivity contribution in [2.75, 3.05) is 6.54 Å². The second-order valence-electron chi connectivity index (χ2n) is 12.8. The van der Waals surface area contributed by atoms with Crippen molar-refractivity contribution in [3.8, 4) is 0 Å². The number of rotatable bonds is 8. The lowest BCUT2D eigenvalue weighted by Gasteiger charge is -2.33. The lowest BCUT2D eigenvalue weighted by Crippen LogP contribution is -2.33. The summed E-state index contributed by atoms with van der Waals surface area (Å²) in [5.41, 5.74) is 5.65. The lowest BCUT2D eigenvalue weighted by atomic mass is 9.69. The number of carboxylic acids is 1. The van der Waals surface area contributed by atoms with Crippen molar-refractivity contribution in [2.45, 2.75) is 86.1 Å². The highest BCUT2D eigenvalue weighted by atomic mass is 19.4. The molecule has 0 fully saturated rings. The van der Waals surface area contributed by atoms with E-state index in [9.17, 15) is 23.1 Å². The Labute approximate surface area is 256 Å². The average molecular weight is 607 g/mol. The van der Waals surface area contributed by atoms with Crippen LogP contribution in [-0.4, -0.2) is 37.5 Å². The van der Waals surface area contributed by atoms with Crippen molar-refractivity contribution >= 4 is 17.0 Å². The summed E-state index contributed by atoms with van der Waals surface area (Å²) in [7, 11) is 0. The molecule has 4 aromatic rings. The number of carboxylic acid groups (broad SMARTS) is 1. The van der Waals surface area contributed by atoms with Crippen LogP contribution in [0.4, 0.5) is 13.2 Å². The maximum atomic E-state index is 14.1. The van der Waals surface area contributed by atoms with Crippen LogP contribution in [0.2, 0.25) is 0 Å². The molecule has 0 bridgehead atoms. The molecule has 5 rings (SSSR count). The number of carbonyl (C=O) groups is 1. The molecule has 0 spiro atoms. The maximum Gasteiger partial charge on any atom is 0.416 e. The number of aryl methyl sites for hydroxylation is 3. The average Bonchev–Trinajstić information content (AvgIpc) is 3.30. The molecule has 6 nitrogen and oxygen atoms in total. The topological polar surface area (TPSA) is 71.2 Å². The fraction of sp³-hybridized carbons (Fsp3) is 0.457. The molecule has 9 heteroatoms. The standard InChI is InChI=1S/C35H41F3N4O2/c1-7-23-16-24-10-9-11-29(35(36,37)38)28(24)20-41(18-23)19-26-17-25(13-12-21(26)3)31(34(5,6)33(43)44)27-14-15-30-32(22(27)4)39-40-42(30)8-2/h9-15,17,23,31H,7-8,16,18-20H2,1-6H3,(H,43,44)/t23-,31-/m0/s1. The van der Waals surface area contributed by atoms with Gasteiger partial charge in [0.1, 0.15) is 5.52 Å². The van der Waals surface area contributed by atoms with Crippen LogP contribution in [-0.2, 0) is 37.0 Å². The Morgan fingerprint density at radius 2 is 1.84 bits per heavy atom. The van der Waals surface area contributed by atoms with Gasteiger partial charge in [0.15, 0.2) is 0 Å². The largest absolute Gasteiger partial charge is 0.481 e. The number of benzene rings is 3. The summed E-state index contributed by atoms with van der Waals surface area (Å²) in [6, 6.07) is 14.5. The summed E-state index contributed by atoms with van der Waals surface area (Å²) in [6.45, 7) is 13.5. The summed E-state index contributed by atoms with van der Waals surface area (Å²) < 4.78 is 44.0. The van der Waals surface area contributed by atoms with E-state index < -0.39 is 29.0 Å². The minimum absolute atomic E-state index is 0.206. The highest BCUT2D eigenvalue weighted by Crippen LogP contribution is 2.44. The van der Waals surface area contributed by atoms with Crippen molar-refractivity contribution < 1.29 is 23.1 Å². The predicted octanol–water partition coefficient (Wildman–Crippen LogP) is 7.91. The van der Waals surface area contributed by atoms with Crippen LogP contribution in [0.5, 0.6) is 0 Å². The van der Waals surface area contributed by atoms with Crippen LogP contribution in [0.1, 0.15) is 84.5 Å². The zero-order valence-corrected chi connectivity index (χ0v) is 26.3. The van der Waals surface area contributed by atoms with E-state index >= 15 is 0 Å². The molecule has 234 valence electrons. The number of aromatic nitrogens is 3. The molecule has 1 aromatic heterocycles. The van der Waals surface area contributed by atoms with Gasteiger partial charge >= 0.3 is 12.1 Å². The van der Waals surface area contributed by atoms with E-state index in [1.165, 1.54) is 12.1 Å². The van der Waals surface area contributed by atoms with Crippen molar-refractivity contribution in [3.05, 3.63) is 93.0 Å². The minimum Gasteiger partial charge on any atom is -0.481 e. The molecule has 1 N–H and O–H groups in total. The minimum atomic E-state index is -4.42. The highest BCUT2D eigenvalue weighted by Gasteiger charge is 2.41. The van der Waals surface area contributed by atoms with E-state index in [1.54, 1.807) is 13.8 Å². The van der Waals surface area contributed by atoms with Gasteiger partial charge in [0.25, 0.3) is 0 Å². The summed E-state index contributed by atoms with van der Waals surface area (Å²) in [6.07, 6.45) is -2.94. The molecule has 0 radical (unpaired) electrons. The van der Waals surface area contributed by atoms with Gasteiger partial charge in [0.05, 0.1) is 16.5 Å². The van der Waals surface area contributed by atoms with Crippen molar-refractivity contribution in [1.82, 2.24) is 19.9 Å². The molecule has 3 aromatic carbocycles. The van der Waals surface area contributed by atoms with Gasteiger partial charge in [-0.3, -0.25) is 9.69 Å². The normalized spacial score (nSPS) is 17.0. The quantitative estimate of drug-likeness (QED) is 0.221. The Kier molecular flexibility index (Phi) is 8.64. The molecule has 0 unspecified atom stereocenters. The van der Waals surface area contributed by atoms with E-state index in [2.05, 4.69) is 28.2 Å². The first kappa shape index (κ1) is 31.7. The smallest absolute Gasteiger partial charge is 0.416 e. The van der Waals surface area contributed by atoms with Gasteiger partial charge in [0, 0.05) is 32.1 Å². The Hall–Kier alpha value is -3.72. The summed E-state index contributed by atoms with van der Waals surface area (Å²) in [5.74, 6) is -1.19. The summed E-state index contributed by atoms with van der Waals surface area (Å²) in [4.78, 5) is 14.8. The summed E-state index contributed by atoms with van der Waals surface area (Å²) in [5, 5.41) is 19.1. The fourth-order valence-electron chi connectivity index (χ4n) is 6.82. The van der Waals surface area contributed by atoms with Crippen LogP contribution in [0.3, 0.4) is 0 Å². The van der Waals surface area contributed by atoms with E-state index in [4.69, 9.17) is 0 Å². The molecule has 44 heavy (non-hydrogen) atoms. The zero-order valence-electron chi connectivity index (χ0n) is 26.3. The molecule has 0 saturated heterocycles. The van der Waals surface area contributed by atoms with Gasteiger partial charge in [-0.1, -0.05) is 55.0 Å². The van der Waals surface area contributed by atoms with E-state index in [1.807, 2.05) is 55.8 Å². The molecule has 1 aliphatic rings. The third-order valence-corrected chi connectivity index (χ3v) is 9.53. The van der Waals surface area contributed by atoms with E-state index in [0.717, 1.165) is 50.8 Å². The molecule has 0 aliphatic carbocycles. The van der Waals surface area contributed by atoms with Gasteiger partial charge in [-0.05, 0) is 98.0 Å². The second kappa shape index (κ2) is 12.0. The number of hydrogen-bond acceptors (Lipinski definition) is 4. The Morgan fingerprint density at radius 1 is 1.09 bits per heavy atom. The molecular formula is C35H41F3N4O2. The van der Waals surface area contributed by atoms with Gasteiger partial charge < -0.3 is 5.11 Å². The van der Waals surface area contributed by atoms with Crippen LogP contribution in [0.25, 0.3) is 11.0 Å². The SMILES string of the molecule is CC[C@H]1Cc2cccc(C(F)(F)F)c2CN(Cc2cc([C@@H](c3ccc4c(nnn4CC)c3C)C(C)(C)C(=O)O)ccc2C)C1. The number of halogens is 3. The lowest BCUT2D eigenvalue weighted by molar-refractivity contribution is -0.147. The Bertz CT molecular complexity index is 1690. The monoisotopic (exact) mass is 606 g/mol. The van der Waals surface area contributed by atoms with Gasteiger partial charge in [0.2, 0.25) is 0 Å². The predicted molar refractivity (Wildman–Crippen MR) is 165 cm³/mol. The number of aliphatic carboxylic acids is 1. The number of hydrogen-bond donors (Lipinski definition) is 1. The molecule has 0 saturated carbocycles. The molecular weight excluding hydrogens is 565 g/mol. The Balaban J connectivity index is 1.58. The highest BCUT2D eigenvalue weighted by molar-refractivity contribution is 5.82. The fourth-order valence-corrected chi connectivity index (χ4v) is 6.82. The zero-order chi connectivity index (χ0) is 32.0. The second-order valence-corrected chi connectivity index (χ2v) is 12.8. The van der Waals surface area contributed by atoms with Crippen LogP contribution >= 0.6 is 0 Å². The van der Waals surface area contributed by atoms with Gasteiger partial charge in [-0.15, -0.1) is 5.10 Å². The first-order valence-corrected chi connectivity index (χ1v) is 15.3.